The Bertz CT molecular complexity index is 899. The van der Waals surface area contributed by atoms with Gasteiger partial charge in [-0.25, -0.2) is 10.2 Å². The number of carbonyl (C=O) groups excluding carboxylic acids is 2. The van der Waals surface area contributed by atoms with Crippen LogP contribution in [0.4, 0.5) is 4.79 Å². The Morgan fingerprint density at radius 1 is 1.21 bits per heavy atom. The molecule has 1 atom stereocenters. The van der Waals surface area contributed by atoms with Crippen molar-refractivity contribution in [2.75, 3.05) is 13.4 Å². The molecule has 2 amide bonds. The largest absolute Gasteiger partial charge is 0.454 e. The van der Waals surface area contributed by atoms with Gasteiger partial charge in [-0.1, -0.05) is 30.3 Å². The summed E-state index contributed by atoms with van der Waals surface area (Å²) in [4.78, 5) is 24.2. The summed E-state index contributed by atoms with van der Waals surface area (Å²) >= 11 is 0. The molecule has 152 valence electrons. The predicted molar refractivity (Wildman–Crippen MR) is 107 cm³/mol. The Balaban J connectivity index is 1.62. The first-order valence-corrected chi connectivity index (χ1v) is 9.27. The number of aryl methyl sites for hydroxylation is 1. The fraction of sp³-hybridized carbons (Fsp3) is 0.286. The monoisotopic (exact) mass is 397 g/mol. The number of carbonyl (C=O) groups is 2. The van der Waals surface area contributed by atoms with Crippen molar-refractivity contribution >= 4 is 18.2 Å². The third-order valence-electron chi connectivity index (χ3n) is 4.31. The highest BCUT2D eigenvalue weighted by Gasteiger charge is 2.19. The summed E-state index contributed by atoms with van der Waals surface area (Å²) in [6.45, 7) is 4.08. The summed E-state index contributed by atoms with van der Waals surface area (Å²) in [5.41, 5.74) is 5.04. The van der Waals surface area contributed by atoms with E-state index in [0.29, 0.717) is 11.5 Å². The van der Waals surface area contributed by atoms with E-state index in [4.69, 9.17) is 14.2 Å². The van der Waals surface area contributed by atoms with E-state index in [9.17, 15) is 9.59 Å². The van der Waals surface area contributed by atoms with Crippen LogP contribution in [0.3, 0.4) is 0 Å². The molecule has 0 fully saturated rings. The maximum Gasteiger partial charge on any atom is 0.407 e. The van der Waals surface area contributed by atoms with Gasteiger partial charge in [-0.2, -0.15) is 5.10 Å². The van der Waals surface area contributed by atoms with E-state index in [1.165, 1.54) is 0 Å². The molecular formula is C21H23N3O5. The van der Waals surface area contributed by atoms with Crippen LogP contribution in [-0.2, 0) is 9.53 Å². The zero-order valence-corrected chi connectivity index (χ0v) is 16.3. The number of benzene rings is 2. The number of ether oxygens (including phenoxy) is 3. The number of nitrogens with zero attached hydrogens (tertiary/aromatic N) is 1. The van der Waals surface area contributed by atoms with E-state index >= 15 is 0 Å². The van der Waals surface area contributed by atoms with Crippen molar-refractivity contribution in [2.24, 2.45) is 5.10 Å². The highest BCUT2D eigenvalue weighted by atomic mass is 16.7. The maximum atomic E-state index is 12.4. The van der Waals surface area contributed by atoms with Crippen LogP contribution in [0.1, 0.15) is 36.1 Å². The summed E-state index contributed by atoms with van der Waals surface area (Å²) in [6, 6.07) is 12.4. The van der Waals surface area contributed by atoms with Gasteiger partial charge < -0.3 is 19.5 Å². The van der Waals surface area contributed by atoms with Gasteiger partial charge in [0.2, 0.25) is 12.7 Å². The number of nitrogens with one attached hydrogen (secondary N) is 2. The molecule has 0 saturated carbocycles. The second-order valence-electron chi connectivity index (χ2n) is 6.39. The molecule has 1 aliphatic rings. The highest BCUT2D eigenvalue weighted by molar-refractivity contribution is 5.85. The maximum absolute atomic E-state index is 12.4. The molecule has 0 saturated heterocycles. The van der Waals surface area contributed by atoms with Gasteiger partial charge in [0.15, 0.2) is 11.5 Å². The molecule has 0 aliphatic carbocycles. The zero-order chi connectivity index (χ0) is 20.6. The molecule has 0 spiro atoms. The van der Waals surface area contributed by atoms with Crippen molar-refractivity contribution in [3.8, 4) is 11.5 Å². The lowest BCUT2D eigenvalue weighted by Crippen LogP contribution is -2.33. The molecule has 29 heavy (non-hydrogen) atoms. The lowest BCUT2D eigenvalue weighted by atomic mass is 10.0. The number of rotatable bonds is 7. The van der Waals surface area contributed by atoms with Crippen molar-refractivity contribution in [3.05, 3.63) is 59.2 Å². The van der Waals surface area contributed by atoms with Gasteiger partial charge in [0.05, 0.1) is 25.3 Å². The van der Waals surface area contributed by atoms with E-state index in [1.54, 1.807) is 13.1 Å². The Morgan fingerprint density at radius 3 is 2.66 bits per heavy atom. The van der Waals surface area contributed by atoms with Crippen LogP contribution < -0.4 is 20.2 Å². The summed E-state index contributed by atoms with van der Waals surface area (Å²) in [7, 11) is 0. The summed E-state index contributed by atoms with van der Waals surface area (Å²) < 4.78 is 15.6. The van der Waals surface area contributed by atoms with Gasteiger partial charge in [0.1, 0.15) is 0 Å². The number of fused-ring (bicyclic) bond motifs is 1. The molecule has 8 nitrogen and oxygen atoms in total. The summed E-state index contributed by atoms with van der Waals surface area (Å²) in [5, 5.41) is 6.73. The van der Waals surface area contributed by atoms with Crippen LogP contribution in [0.15, 0.2) is 47.6 Å². The minimum atomic E-state index is -0.575. The van der Waals surface area contributed by atoms with Crippen LogP contribution in [-0.4, -0.2) is 31.6 Å². The number of amides is 2. The molecular weight excluding hydrogens is 374 g/mol. The lowest BCUT2D eigenvalue weighted by Gasteiger charge is -2.18. The molecule has 1 aliphatic heterocycles. The van der Waals surface area contributed by atoms with E-state index in [2.05, 4.69) is 15.8 Å². The SMILES string of the molecule is CCOC(=O)N[C@@H](CC(=O)N/N=C\c1cc2c(cc1C)OCO2)c1ccccc1. The molecule has 3 rings (SSSR count). The Kier molecular flexibility index (Phi) is 6.67. The second-order valence-corrected chi connectivity index (χ2v) is 6.39. The smallest absolute Gasteiger partial charge is 0.407 e. The quantitative estimate of drug-likeness (QED) is 0.553. The molecule has 2 aromatic carbocycles. The third-order valence-corrected chi connectivity index (χ3v) is 4.31. The predicted octanol–water partition coefficient (Wildman–Crippen LogP) is 3.05. The molecule has 2 N–H and O–H groups in total. The standard InChI is InChI=1S/C21H23N3O5/c1-3-27-21(26)23-17(15-7-5-4-6-8-15)11-20(25)24-22-12-16-10-19-18(9-14(16)2)28-13-29-19/h4-10,12,17H,3,11,13H2,1-2H3,(H,23,26)(H,24,25)/b22-12-/t17-/m0/s1. The van der Waals surface area contributed by atoms with Crippen molar-refractivity contribution in [1.82, 2.24) is 10.7 Å². The van der Waals surface area contributed by atoms with Crippen LogP contribution in [0.5, 0.6) is 11.5 Å². The Morgan fingerprint density at radius 2 is 1.93 bits per heavy atom. The van der Waals surface area contributed by atoms with Gasteiger partial charge in [0.25, 0.3) is 0 Å². The van der Waals surface area contributed by atoms with E-state index < -0.39 is 12.1 Å². The molecule has 8 heteroatoms. The number of hydrogen-bond acceptors (Lipinski definition) is 6. The van der Waals surface area contributed by atoms with Crippen molar-refractivity contribution in [1.29, 1.82) is 0 Å². The first-order chi connectivity index (χ1) is 14.1. The van der Waals surface area contributed by atoms with Crippen LogP contribution in [0.2, 0.25) is 0 Å². The zero-order valence-electron chi connectivity index (χ0n) is 16.3. The number of alkyl carbamates (subject to hydrolysis) is 1. The van der Waals surface area contributed by atoms with E-state index in [1.807, 2.05) is 49.4 Å². The first kappa shape index (κ1) is 20.2. The minimum Gasteiger partial charge on any atom is -0.454 e. The fourth-order valence-corrected chi connectivity index (χ4v) is 2.86. The Labute approximate surface area is 168 Å². The third kappa shape index (κ3) is 5.47. The molecule has 0 aromatic heterocycles. The number of hydrazone groups is 1. The average molecular weight is 397 g/mol. The van der Waals surface area contributed by atoms with Crippen molar-refractivity contribution in [3.63, 3.8) is 0 Å². The fourth-order valence-electron chi connectivity index (χ4n) is 2.86. The van der Waals surface area contributed by atoms with Crippen LogP contribution in [0, 0.1) is 6.92 Å². The van der Waals surface area contributed by atoms with E-state index in [-0.39, 0.29) is 25.7 Å². The van der Waals surface area contributed by atoms with Crippen molar-refractivity contribution < 1.29 is 23.8 Å². The van der Waals surface area contributed by atoms with Crippen molar-refractivity contribution in [2.45, 2.75) is 26.3 Å². The molecule has 0 radical (unpaired) electrons. The number of hydrogen-bond donors (Lipinski definition) is 2. The van der Waals surface area contributed by atoms with Gasteiger partial charge in [-0.15, -0.1) is 0 Å². The molecule has 0 unspecified atom stereocenters. The van der Waals surface area contributed by atoms with Gasteiger partial charge in [0, 0.05) is 5.56 Å². The molecule has 0 bridgehead atoms. The Hall–Kier alpha value is -3.55. The minimum absolute atomic E-state index is 0.0142. The van der Waals surface area contributed by atoms with Crippen LogP contribution in [0.25, 0.3) is 0 Å². The van der Waals surface area contributed by atoms with Gasteiger partial charge in [-0.05, 0) is 37.1 Å². The molecule has 1 heterocycles. The lowest BCUT2D eigenvalue weighted by molar-refractivity contribution is -0.121. The second kappa shape index (κ2) is 9.59. The van der Waals surface area contributed by atoms with Gasteiger partial charge >= 0.3 is 6.09 Å². The topological polar surface area (TPSA) is 98.2 Å². The van der Waals surface area contributed by atoms with E-state index in [0.717, 1.165) is 16.7 Å². The van der Waals surface area contributed by atoms with Gasteiger partial charge in [-0.3, -0.25) is 4.79 Å². The van der Waals surface area contributed by atoms with Crippen LogP contribution >= 0.6 is 0 Å². The first-order valence-electron chi connectivity index (χ1n) is 9.27. The normalized spacial score (nSPS) is 13.2. The summed E-state index contributed by atoms with van der Waals surface area (Å²) in [6.07, 6.45) is 0.986. The highest BCUT2D eigenvalue weighted by Crippen LogP contribution is 2.34. The average Bonchev–Trinajstić information content (AvgIpc) is 3.15. The summed E-state index contributed by atoms with van der Waals surface area (Å²) in [5.74, 6) is 0.996. The molecule has 2 aromatic rings.